The molecule has 6 aromatic rings. The van der Waals surface area contributed by atoms with Crippen LogP contribution < -0.4 is 69.6 Å². The number of benzene rings is 6. The number of aromatic nitrogens is 1. The number of aliphatic hydroxyl groups excluding tert-OH is 2. The van der Waals surface area contributed by atoms with E-state index in [2.05, 4.69) is 63.5 Å². The van der Waals surface area contributed by atoms with E-state index in [-0.39, 0.29) is 167 Å². The molecule has 2 saturated heterocycles. The Morgan fingerprint density at radius 3 is 1.77 bits per heavy atom. The fourth-order valence-electron chi connectivity index (χ4n) is 15.7. The highest BCUT2D eigenvalue weighted by Gasteiger charge is 2.40. The average Bonchev–Trinajstić information content (AvgIpc) is 1.48. The topological polar surface area (TPSA) is 638 Å². The minimum atomic E-state index is -1.97. The Hall–Kier alpha value is -13.4. The number of aromatic amines is 1. The Balaban J connectivity index is 0.981. The zero-order chi connectivity index (χ0) is 99.1. The number of rotatable bonds is 36. The highest BCUT2D eigenvalue weighted by molar-refractivity contribution is 8.76. The average molecular weight is 1950 g/mol. The van der Waals surface area contributed by atoms with Gasteiger partial charge >= 0.3 is 29.8 Å². The normalized spacial score (nSPS) is 19.3. The SMILES string of the molecule is C[C@@H](O)[C@H](NC(=O)[C@@H]1CSSC[C@H](NC(=O)[C@@H](Cc2ccccc2)NC(=O)[C@H](CCCCNC(=S)Nc2ccc(-c3c4ccc(=O)cc-4oc4cc(O)ccc34)c(C(=O)O)c2)NC(=O)CN2CCN(CC(=O)O)CCN(CC(=O)O)CCN(CC(=O)O)CC2)C(=O)N[C@@H](Cc2ccc(O)cc2)C(=O)N[C@H](Cc2c[nH]c3ccccc23)C(=O)N[C@@H](CCCCN)C(=O)N[C@@H]([C@@H](C)O)C(=O)N1)C(=O)O. The van der Waals surface area contributed by atoms with Crippen LogP contribution >= 0.6 is 33.8 Å². The fourth-order valence-corrected chi connectivity index (χ4v) is 18.2. The first-order chi connectivity index (χ1) is 65.4. The van der Waals surface area contributed by atoms with E-state index in [1.54, 1.807) is 92.5 Å². The van der Waals surface area contributed by atoms with Crippen molar-refractivity contribution < 1.29 is 117 Å². The molecule has 4 aliphatic rings. The fraction of sp³-hybridized carbons (Fsp3) is 0.413. The lowest BCUT2D eigenvalue weighted by Gasteiger charge is -2.33. The van der Waals surface area contributed by atoms with E-state index in [1.807, 2.05) is 0 Å². The number of fused-ring (bicyclic) bond motifs is 3. The van der Waals surface area contributed by atoms with Crippen LogP contribution in [0.1, 0.15) is 79.4 Å². The summed E-state index contributed by atoms with van der Waals surface area (Å²) in [7, 11) is 1.56. The molecule has 11 atom stereocenters. The highest BCUT2D eigenvalue weighted by Crippen LogP contribution is 2.43. The quantitative estimate of drug-likeness (QED) is 0.0110. The molecule has 1 aromatic heterocycles. The number of hydrogen-bond donors (Lipinski definition) is 22. The number of phenols is 2. The molecule has 45 heteroatoms. The van der Waals surface area contributed by atoms with Gasteiger partial charge in [-0.05, 0) is 148 Å². The van der Waals surface area contributed by atoms with Gasteiger partial charge in [0.25, 0.3) is 0 Å². The number of hydrogen-bond acceptors (Lipinski definition) is 28. The summed E-state index contributed by atoms with van der Waals surface area (Å²) in [5, 5.41) is 124. The number of aromatic carboxylic acids is 1. The first-order valence-electron chi connectivity index (χ1n) is 44.3. The van der Waals surface area contributed by atoms with Crippen molar-refractivity contribution in [1.29, 1.82) is 0 Å². The third kappa shape index (κ3) is 32.1. The Kier molecular flexibility index (Phi) is 39.7. The van der Waals surface area contributed by atoms with Gasteiger partial charge in [0.05, 0.1) is 44.0 Å². The summed E-state index contributed by atoms with van der Waals surface area (Å²) in [6, 6.07) is 18.0. The number of carboxylic acid groups (broad SMARTS) is 5. The van der Waals surface area contributed by atoms with Gasteiger partial charge in [-0.15, -0.1) is 0 Å². The standard InChI is InChI=1S/C92H113N17O25S3/c1-51(110)80-89(129)103-72(88(128)105-81(52(2)111)91(132)133)50-137-136-49-71(87(127)100-69(39-54-18-21-57(112)22-19-54)84(124)101-70(40-55-44-95-65-15-7-6-14-60(55)65)86(126)98-67(83(123)104-80)16-8-10-28-93)102-85(125)68(38-53-12-4-3-5-13-53)99-82(122)66(97-75(115)45-106-30-32-107(46-76(116)117)34-36-109(48-78(120)121)37-35-108(33-31-106)47-77(118)119)17-9-11-29-94-92(135)96-56-20-25-61(64(41-56)90(130)131)79-62-26-23-58(113)42-73(62)134-74-43-59(114)24-27-63(74)79/h3-7,12-15,18-27,41-44,51-52,66-72,80-81,95,110-113H,8-11,16-17,28-40,45-50,93H2,1-2H3,(H,97,115)(H,98,126)(H,99,122)(H,100,127)(H,101,124)(H,102,125)(H,103,129)(H,104,123)(H,105,128)(H,116,117)(H,118,119)(H,120,121)(H,130,131)(H,132,133)(H2,94,96,135)/t51-,52-,66+,67+,68-,69+,70-,71+,72+,80+,81+/m1/s1. The van der Waals surface area contributed by atoms with Crippen molar-refractivity contribution in [2.75, 3.05) is 108 Å². The molecule has 10 rings (SSSR count). The molecule has 0 radical (unpaired) electrons. The number of para-hydroxylation sites is 1. The van der Waals surface area contributed by atoms with E-state index in [9.17, 15) is 93.9 Å². The molecule has 0 unspecified atom stereocenters. The predicted octanol–water partition coefficient (Wildman–Crippen LogP) is 0.549. The number of phenolic OH excluding ortho intramolecular Hbond substituents is 2. The zero-order valence-electron chi connectivity index (χ0n) is 75.0. The summed E-state index contributed by atoms with van der Waals surface area (Å²) < 4.78 is 5.99. The molecule has 734 valence electrons. The van der Waals surface area contributed by atoms with E-state index in [4.69, 9.17) is 22.4 Å². The van der Waals surface area contributed by atoms with Crippen LogP contribution in [0.4, 0.5) is 5.69 Å². The minimum Gasteiger partial charge on any atom is -0.508 e. The molecule has 1 aliphatic carbocycles. The van der Waals surface area contributed by atoms with Gasteiger partial charge in [-0.3, -0.25) is 81.9 Å². The number of carboxylic acids is 5. The maximum absolute atomic E-state index is 15.8. The van der Waals surface area contributed by atoms with Crippen molar-refractivity contribution in [2.45, 2.75) is 138 Å². The van der Waals surface area contributed by atoms with Crippen molar-refractivity contribution in [1.82, 2.24) is 77.8 Å². The summed E-state index contributed by atoms with van der Waals surface area (Å²) in [5.74, 6) is -17.2. The molecule has 0 bridgehead atoms. The first kappa shape index (κ1) is 106. The van der Waals surface area contributed by atoms with Gasteiger partial charge in [0.15, 0.2) is 16.6 Å². The maximum Gasteiger partial charge on any atom is 0.336 e. The maximum atomic E-state index is 15.8. The molecule has 0 spiro atoms. The second kappa shape index (κ2) is 51.5. The van der Waals surface area contributed by atoms with Gasteiger partial charge in [-0.2, -0.15) is 0 Å². The Morgan fingerprint density at radius 2 is 1.15 bits per heavy atom. The van der Waals surface area contributed by atoms with E-state index in [1.165, 1.54) is 66.7 Å². The molecular weight excluding hydrogens is 1840 g/mol. The number of aromatic hydroxyl groups is 2. The Labute approximate surface area is 798 Å². The number of unbranched alkanes of at least 4 members (excludes halogenated alkanes) is 2. The zero-order valence-corrected chi connectivity index (χ0v) is 77.4. The highest BCUT2D eigenvalue weighted by atomic mass is 33.1. The lowest BCUT2D eigenvalue weighted by atomic mass is 9.90. The number of nitrogens with two attached hydrogens (primary N) is 1. The monoisotopic (exact) mass is 1950 g/mol. The van der Waals surface area contributed by atoms with Crippen molar-refractivity contribution in [3.8, 4) is 33.9 Å². The largest absolute Gasteiger partial charge is 0.508 e. The number of aliphatic carboxylic acids is 4. The molecule has 9 amide bonds. The van der Waals surface area contributed by atoms with Crippen molar-refractivity contribution >= 4 is 149 Å². The van der Waals surface area contributed by atoms with Gasteiger partial charge in [-0.25, -0.2) is 9.59 Å². The molecule has 4 heterocycles. The summed E-state index contributed by atoms with van der Waals surface area (Å²) in [5.41, 5.74) is 8.63. The summed E-state index contributed by atoms with van der Waals surface area (Å²) in [4.78, 5) is 220. The van der Waals surface area contributed by atoms with Crippen LogP contribution in [0.15, 0.2) is 149 Å². The first-order valence-corrected chi connectivity index (χ1v) is 47.2. The lowest BCUT2D eigenvalue weighted by molar-refractivity contribution is -0.145. The number of aliphatic hydroxyl groups is 2. The molecule has 3 aliphatic heterocycles. The van der Waals surface area contributed by atoms with Crippen molar-refractivity contribution in [3.63, 3.8) is 0 Å². The number of nitrogens with one attached hydrogen (secondary N) is 12. The summed E-state index contributed by atoms with van der Waals surface area (Å²) >= 11 is 5.72. The number of anilines is 1. The van der Waals surface area contributed by atoms with Crippen LogP contribution in [0, 0.1) is 0 Å². The lowest BCUT2D eigenvalue weighted by Crippen LogP contribution is -2.62. The third-order valence-corrected chi connectivity index (χ3v) is 25.5. The predicted molar refractivity (Wildman–Crippen MR) is 510 cm³/mol. The van der Waals surface area contributed by atoms with Crippen LogP contribution in [0.2, 0.25) is 0 Å². The van der Waals surface area contributed by atoms with Crippen LogP contribution in [0.5, 0.6) is 11.5 Å². The smallest absolute Gasteiger partial charge is 0.336 e. The van der Waals surface area contributed by atoms with Gasteiger partial charge in [-0.1, -0.05) is 88.3 Å². The molecule has 42 nitrogen and oxygen atoms in total. The van der Waals surface area contributed by atoms with Crippen LogP contribution in [0.3, 0.4) is 0 Å². The van der Waals surface area contributed by atoms with Crippen molar-refractivity contribution in [2.24, 2.45) is 5.73 Å². The number of amides is 9. The van der Waals surface area contributed by atoms with E-state index in [0.717, 1.165) is 35.4 Å². The number of carbonyl (C=O) groups excluding carboxylic acids is 9. The second-order valence-corrected chi connectivity index (χ2v) is 36.3. The summed E-state index contributed by atoms with van der Waals surface area (Å²) in [6.07, 6.45) is -2.34. The number of thiocarbonyl (C=S) groups is 1. The van der Waals surface area contributed by atoms with E-state index >= 15 is 24.0 Å². The van der Waals surface area contributed by atoms with Crippen molar-refractivity contribution in [3.05, 3.63) is 172 Å². The van der Waals surface area contributed by atoms with Gasteiger partial charge in [0, 0.05) is 141 Å². The van der Waals surface area contributed by atoms with Crippen LogP contribution in [0.25, 0.3) is 44.3 Å². The number of carbonyl (C=O) groups is 14. The minimum absolute atomic E-state index is 0.000464. The molecule has 23 N–H and O–H groups in total. The molecule has 137 heavy (non-hydrogen) atoms. The molecule has 2 fully saturated rings. The van der Waals surface area contributed by atoms with E-state index < -0.39 is 187 Å². The summed E-state index contributed by atoms with van der Waals surface area (Å²) in [6.45, 7) is 0.735. The Morgan fingerprint density at radius 1 is 0.555 bits per heavy atom. The van der Waals surface area contributed by atoms with Gasteiger partial charge < -0.3 is 120 Å². The van der Waals surface area contributed by atoms with Gasteiger partial charge in [0.2, 0.25) is 53.2 Å². The van der Waals surface area contributed by atoms with Gasteiger partial charge in [0.1, 0.15) is 71.2 Å². The van der Waals surface area contributed by atoms with Crippen LogP contribution in [-0.4, -0.2) is 328 Å². The number of nitrogens with zero attached hydrogens (tertiary/aromatic N) is 4. The Bertz CT molecular complexity index is 5630. The van der Waals surface area contributed by atoms with Crippen LogP contribution in [-0.2, 0) is 81.6 Å². The van der Waals surface area contributed by atoms with E-state index in [0.29, 0.717) is 50.5 Å². The molecule has 0 saturated carbocycles. The number of H-pyrrole nitrogens is 1. The third-order valence-electron chi connectivity index (χ3n) is 22.8. The second-order valence-electron chi connectivity index (χ2n) is 33.3. The molecular formula is C92H113N17O25S3. The molecule has 5 aromatic carbocycles.